The molecule has 2 rings (SSSR count). The second kappa shape index (κ2) is 8.80. The number of likely N-dealkylation sites (tertiary alicyclic amines) is 1. The molecule has 0 bridgehead atoms. The number of halogens is 1. The maximum atomic E-state index is 12.9. The minimum atomic E-state index is -0.566. The van der Waals surface area contributed by atoms with Crippen LogP contribution in [0.2, 0.25) is 0 Å². The predicted octanol–water partition coefficient (Wildman–Crippen LogP) is 4.60. The molecular weight excluding hydrogens is 424 g/mol. The Morgan fingerprint density at radius 3 is 2.43 bits per heavy atom. The fourth-order valence-electron chi connectivity index (χ4n) is 3.21. The highest BCUT2D eigenvalue weighted by Gasteiger charge is 2.39. The Morgan fingerprint density at radius 2 is 1.86 bits per heavy atom. The van der Waals surface area contributed by atoms with E-state index in [4.69, 9.17) is 9.47 Å². The lowest BCUT2D eigenvalue weighted by molar-refractivity contribution is -0.162. The number of amides is 1. The van der Waals surface area contributed by atoms with E-state index in [1.807, 2.05) is 53.7 Å². The molecule has 1 aliphatic rings. The summed E-state index contributed by atoms with van der Waals surface area (Å²) in [6.45, 7) is 12.2. The molecule has 28 heavy (non-hydrogen) atoms. The highest BCUT2D eigenvalue weighted by atomic mass is 79.9. The van der Waals surface area contributed by atoms with Gasteiger partial charge >= 0.3 is 12.1 Å². The average Bonchev–Trinajstić information content (AvgIpc) is 2.99. The van der Waals surface area contributed by atoms with Crippen LogP contribution in [-0.4, -0.2) is 46.2 Å². The number of nitrogens with zero attached hydrogens (tertiary/aromatic N) is 2. The first-order valence-corrected chi connectivity index (χ1v) is 10.4. The minimum absolute atomic E-state index is 0.00292. The SMILES string of the molecule is CC(C)(C)OC(=O)C(Cc1cc(Br)ccn1)[C@H]1CCN(C(=O)OC(C)(C)C)C1. The van der Waals surface area contributed by atoms with Crippen molar-refractivity contribution in [2.75, 3.05) is 13.1 Å². The third-order valence-corrected chi connectivity index (χ3v) is 4.86. The minimum Gasteiger partial charge on any atom is -0.460 e. The summed E-state index contributed by atoms with van der Waals surface area (Å²) in [6, 6.07) is 3.77. The number of hydrogen-bond donors (Lipinski definition) is 0. The molecule has 0 aromatic carbocycles. The maximum Gasteiger partial charge on any atom is 0.410 e. The van der Waals surface area contributed by atoms with Crippen LogP contribution >= 0.6 is 15.9 Å². The summed E-state index contributed by atoms with van der Waals surface area (Å²) in [6.07, 6.45) is 2.59. The number of rotatable bonds is 4. The third kappa shape index (κ3) is 7.08. The van der Waals surface area contributed by atoms with E-state index in [9.17, 15) is 9.59 Å². The smallest absolute Gasteiger partial charge is 0.410 e. The number of esters is 1. The molecule has 2 atom stereocenters. The third-order valence-electron chi connectivity index (χ3n) is 4.36. The van der Waals surface area contributed by atoms with Crippen LogP contribution < -0.4 is 0 Å². The Balaban J connectivity index is 2.15. The molecule has 0 spiro atoms. The Morgan fingerprint density at radius 1 is 1.21 bits per heavy atom. The van der Waals surface area contributed by atoms with E-state index in [1.165, 1.54) is 0 Å². The average molecular weight is 455 g/mol. The highest BCUT2D eigenvalue weighted by molar-refractivity contribution is 9.10. The van der Waals surface area contributed by atoms with Crippen LogP contribution in [0.5, 0.6) is 0 Å². The van der Waals surface area contributed by atoms with Gasteiger partial charge < -0.3 is 14.4 Å². The molecule has 1 aliphatic heterocycles. The van der Waals surface area contributed by atoms with Crippen LogP contribution in [0.25, 0.3) is 0 Å². The number of pyridine rings is 1. The largest absolute Gasteiger partial charge is 0.460 e. The number of ether oxygens (including phenoxy) is 2. The zero-order valence-electron chi connectivity index (χ0n) is 17.6. The number of hydrogen-bond acceptors (Lipinski definition) is 5. The zero-order chi connectivity index (χ0) is 21.1. The molecule has 1 amide bonds. The van der Waals surface area contributed by atoms with Gasteiger partial charge in [-0.2, -0.15) is 0 Å². The van der Waals surface area contributed by atoms with Crippen LogP contribution in [0.1, 0.15) is 53.7 Å². The Hall–Kier alpha value is -1.63. The highest BCUT2D eigenvalue weighted by Crippen LogP contribution is 2.30. The Labute approximate surface area is 176 Å². The topological polar surface area (TPSA) is 68.7 Å². The molecule has 1 unspecified atom stereocenters. The fraction of sp³-hybridized carbons (Fsp3) is 0.667. The summed E-state index contributed by atoms with van der Waals surface area (Å²) >= 11 is 3.45. The molecule has 6 nitrogen and oxygen atoms in total. The lowest BCUT2D eigenvalue weighted by atomic mass is 9.87. The van der Waals surface area contributed by atoms with Crippen LogP contribution in [0.15, 0.2) is 22.8 Å². The van der Waals surface area contributed by atoms with Gasteiger partial charge in [-0.1, -0.05) is 15.9 Å². The van der Waals surface area contributed by atoms with E-state index in [2.05, 4.69) is 20.9 Å². The van der Waals surface area contributed by atoms with Crippen molar-refractivity contribution < 1.29 is 19.1 Å². The van der Waals surface area contributed by atoms with E-state index >= 15 is 0 Å². The predicted molar refractivity (Wildman–Crippen MR) is 111 cm³/mol. The van der Waals surface area contributed by atoms with Gasteiger partial charge in [0.1, 0.15) is 11.2 Å². The first-order valence-electron chi connectivity index (χ1n) is 9.65. The first kappa shape index (κ1) is 22.7. The standard InChI is InChI=1S/C21H31BrN2O4/c1-20(2,3)27-18(25)17(12-16-11-15(22)7-9-23-16)14-8-10-24(13-14)19(26)28-21(4,5)6/h7,9,11,14,17H,8,10,12-13H2,1-6H3/t14-,17?/m0/s1. The quantitative estimate of drug-likeness (QED) is 0.621. The zero-order valence-corrected chi connectivity index (χ0v) is 19.2. The molecule has 1 fully saturated rings. The van der Waals surface area contributed by atoms with Gasteiger partial charge in [-0.25, -0.2) is 4.79 Å². The first-order chi connectivity index (χ1) is 12.8. The van der Waals surface area contributed by atoms with Gasteiger partial charge in [-0.15, -0.1) is 0 Å². The molecule has 0 aliphatic carbocycles. The normalized spacial score (nSPS) is 18.7. The molecule has 1 aromatic rings. The van der Waals surface area contributed by atoms with E-state index in [1.54, 1.807) is 11.1 Å². The van der Waals surface area contributed by atoms with Crippen molar-refractivity contribution in [2.45, 2.75) is 65.6 Å². The van der Waals surface area contributed by atoms with E-state index in [0.29, 0.717) is 19.5 Å². The molecule has 1 aromatic heterocycles. The van der Waals surface area contributed by atoms with Crippen molar-refractivity contribution >= 4 is 28.0 Å². The van der Waals surface area contributed by atoms with E-state index < -0.39 is 11.2 Å². The molecule has 0 saturated carbocycles. The summed E-state index contributed by atoms with van der Waals surface area (Å²) in [5.74, 6) is -0.609. The number of aromatic nitrogens is 1. The lowest BCUT2D eigenvalue weighted by Crippen LogP contribution is -2.38. The van der Waals surface area contributed by atoms with Crippen molar-refractivity contribution in [3.63, 3.8) is 0 Å². The summed E-state index contributed by atoms with van der Waals surface area (Å²) in [4.78, 5) is 31.4. The van der Waals surface area contributed by atoms with Gasteiger partial charge in [-0.3, -0.25) is 9.78 Å². The van der Waals surface area contributed by atoms with Crippen LogP contribution in [0.3, 0.4) is 0 Å². The molecule has 7 heteroatoms. The van der Waals surface area contributed by atoms with Crippen LogP contribution in [0, 0.1) is 11.8 Å². The fourth-order valence-corrected chi connectivity index (χ4v) is 3.60. The molecule has 2 heterocycles. The van der Waals surface area contributed by atoms with Crippen LogP contribution in [0.4, 0.5) is 4.79 Å². The van der Waals surface area contributed by atoms with Crippen molar-refractivity contribution in [3.8, 4) is 0 Å². The van der Waals surface area contributed by atoms with Crippen molar-refractivity contribution in [2.24, 2.45) is 11.8 Å². The van der Waals surface area contributed by atoms with Crippen molar-refractivity contribution in [3.05, 3.63) is 28.5 Å². The summed E-state index contributed by atoms with van der Waals surface area (Å²) in [5, 5.41) is 0. The summed E-state index contributed by atoms with van der Waals surface area (Å²) < 4.78 is 12.1. The monoisotopic (exact) mass is 454 g/mol. The van der Waals surface area contributed by atoms with Gasteiger partial charge in [0.15, 0.2) is 0 Å². The van der Waals surface area contributed by atoms with Crippen molar-refractivity contribution in [1.82, 2.24) is 9.88 Å². The van der Waals surface area contributed by atoms with Crippen LogP contribution in [-0.2, 0) is 20.7 Å². The molecule has 1 saturated heterocycles. The molecule has 0 N–H and O–H groups in total. The van der Waals surface area contributed by atoms with E-state index in [-0.39, 0.29) is 23.9 Å². The Bertz CT molecular complexity index is 709. The summed E-state index contributed by atoms with van der Waals surface area (Å²) in [7, 11) is 0. The molecule has 156 valence electrons. The second-order valence-electron chi connectivity index (χ2n) is 9.28. The number of carbonyl (C=O) groups excluding carboxylic acids is 2. The molecule has 0 radical (unpaired) electrons. The summed E-state index contributed by atoms with van der Waals surface area (Å²) in [5.41, 5.74) is -0.287. The van der Waals surface area contributed by atoms with Gasteiger partial charge in [-0.05, 0) is 66.0 Å². The second-order valence-corrected chi connectivity index (χ2v) is 10.2. The van der Waals surface area contributed by atoms with Gasteiger partial charge in [0, 0.05) is 35.9 Å². The Kier molecular flexibility index (Phi) is 7.12. The lowest BCUT2D eigenvalue weighted by Gasteiger charge is -2.28. The number of carbonyl (C=O) groups is 2. The van der Waals surface area contributed by atoms with Gasteiger partial charge in [0.25, 0.3) is 0 Å². The van der Waals surface area contributed by atoms with Gasteiger partial charge in [0.2, 0.25) is 0 Å². The maximum absolute atomic E-state index is 12.9. The van der Waals surface area contributed by atoms with Gasteiger partial charge in [0.05, 0.1) is 5.92 Å². The molecular formula is C21H31BrN2O4. The van der Waals surface area contributed by atoms with Crippen molar-refractivity contribution in [1.29, 1.82) is 0 Å². The van der Waals surface area contributed by atoms with E-state index in [0.717, 1.165) is 16.6 Å².